The third-order valence-electron chi connectivity index (χ3n) is 3.38. The van der Waals surface area contributed by atoms with E-state index in [4.69, 9.17) is 10.5 Å². The van der Waals surface area contributed by atoms with Gasteiger partial charge in [0.1, 0.15) is 17.4 Å². The van der Waals surface area contributed by atoms with Crippen molar-refractivity contribution in [2.45, 2.75) is 38.8 Å². The van der Waals surface area contributed by atoms with E-state index >= 15 is 0 Å². The Morgan fingerprint density at radius 3 is 2.77 bits per heavy atom. The minimum atomic E-state index is -0.873. The van der Waals surface area contributed by atoms with Crippen LogP contribution in [0.2, 0.25) is 0 Å². The number of nitrogens with zero attached hydrogens (tertiary/aromatic N) is 1. The van der Waals surface area contributed by atoms with Gasteiger partial charge in [0.2, 0.25) is 0 Å². The molecule has 3 N–H and O–H groups in total. The first-order chi connectivity index (χ1) is 10.2. The van der Waals surface area contributed by atoms with Gasteiger partial charge in [-0.25, -0.2) is 0 Å². The summed E-state index contributed by atoms with van der Waals surface area (Å²) < 4.78 is 5.23. The van der Waals surface area contributed by atoms with E-state index in [-0.39, 0.29) is 18.2 Å². The zero-order valence-corrected chi connectivity index (χ0v) is 13.1. The van der Waals surface area contributed by atoms with Crippen molar-refractivity contribution in [1.29, 1.82) is 0 Å². The number of phenols is 1. The highest BCUT2D eigenvalue weighted by molar-refractivity contribution is 5.97. The summed E-state index contributed by atoms with van der Waals surface area (Å²) in [5.41, 5.74) is 6.60. The molecule has 0 aliphatic carbocycles. The van der Waals surface area contributed by atoms with Crippen LogP contribution in [0.4, 0.5) is 0 Å². The molecule has 0 bridgehead atoms. The predicted molar refractivity (Wildman–Crippen MR) is 81.5 cm³/mol. The number of hydrogen-bond donors (Lipinski definition) is 2. The molecule has 1 aliphatic heterocycles. The fraction of sp³-hybridized carbons (Fsp3) is 0.500. The maximum atomic E-state index is 12.4. The van der Waals surface area contributed by atoms with E-state index in [9.17, 15) is 14.7 Å². The number of carbonyl (C=O) groups excluding carboxylic acids is 2. The molecular weight excluding hydrogens is 284 g/mol. The van der Waals surface area contributed by atoms with E-state index in [0.29, 0.717) is 18.5 Å². The Bertz CT molecular complexity index is 592. The van der Waals surface area contributed by atoms with Gasteiger partial charge in [-0.2, -0.15) is 0 Å². The Hall–Kier alpha value is -2.08. The molecule has 22 heavy (non-hydrogen) atoms. The van der Waals surface area contributed by atoms with Crippen molar-refractivity contribution >= 4 is 11.9 Å². The largest absolute Gasteiger partial charge is 0.508 e. The van der Waals surface area contributed by atoms with Crippen LogP contribution in [0.1, 0.15) is 36.7 Å². The van der Waals surface area contributed by atoms with Crippen LogP contribution in [0, 0.1) is 0 Å². The van der Waals surface area contributed by atoms with Crippen LogP contribution in [0.15, 0.2) is 18.2 Å². The van der Waals surface area contributed by atoms with Gasteiger partial charge < -0.3 is 20.5 Å². The molecule has 1 heterocycles. The highest BCUT2D eigenvalue weighted by Gasteiger charge is 2.29. The summed E-state index contributed by atoms with van der Waals surface area (Å²) in [4.78, 5) is 25.9. The molecule has 0 radical (unpaired) electrons. The third-order valence-corrected chi connectivity index (χ3v) is 3.38. The van der Waals surface area contributed by atoms with Gasteiger partial charge in [0, 0.05) is 18.7 Å². The average molecular weight is 306 g/mol. The smallest absolute Gasteiger partial charge is 0.325 e. The molecule has 0 saturated carbocycles. The Morgan fingerprint density at radius 1 is 1.45 bits per heavy atom. The zero-order chi connectivity index (χ0) is 16.5. The second-order valence-corrected chi connectivity index (χ2v) is 6.48. The quantitative estimate of drug-likeness (QED) is 0.815. The van der Waals surface area contributed by atoms with Crippen molar-refractivity contribution in [3.8, 4) is 5.75 Å². The molecule has 120 valence electrons. The van der Waals surface area contributed by atoms with Crippen LogP contribution in [0.5, 0.6) is 5.75 Å². The summed E-state index contributed by atoms with van der Waals surface area (Å²) in [6.45, 7) is 5.89. The number of amides is 1. The minimum absolute atomic E-state index is 0.119. The second-order valence-electron chi connectivity index (χ2n) is 6.48. The third kappa shape index (κ3) is 3.76. The van der Waals surface area contributed by atoms with Crippen LogP contribution >= 0.6 is 0 Å². The minimum Gasteiger partial charge on any atom is -0.508 e. The summed E-state index contributed by atoms with van der Waals surface area (Å²) in [5.74, 6) is -0.553. The Balaban J connectivity index is 2.04. The standard InChI is InChI=1S/C16H22N2O4/c1-16(2,3)22-15(21)13(17)9-18-7-6-10-8-11(19)4-5-12(10)14(18)20/h4-5,8,13,19H,6-7,9,17H2,1-3H3. The Morgan fingerprint density at radius 2 is 2.14 bits per heavy atom. The number of hydrogen-bond acceptors (Lipinski definition) is 5. The van der Waals surface area contributed by atoms with Gasteiger partial charge in [-0.15, -0.1) is 0 Å². The summed E-state index contributed by atoms with van der Waals surface area (Å²) in [6, 6.07) is 3.80. The molecule has 6 heteroatoms. The number of benzene rings is 1. The number of nitrogens with two attached hydrogens (primary N) is 1. The molecule has 2 rings (SSSR count). The molecule has 0 spiro atoms. The lowest BCUT2D eigenvalue weighted by Crippen LogP contribution is -2.49. The second kappa shape index (κ2) is 5.96. The molecule has 0 aromatic heterocycles. The number of esters is 1. The van der Waals surface area contributed by atoms with E-state index < -0.39 is 17.6 Å². The number of ether oxygens (including phenoxy) is 1. The van der Waals surface area contributed by atoms with Crippen molar-refractivity contribution < 1.29 is 19.4 Å². The van der Waals surface area contributed by atoms with Gasteiger partial charge in [0.25, 0.3) is 5.91 Å². The maximum Gasteiger partial charge on any atom is 0.325 e. The Labute approximate surface area is 129 Å². The van der Waals surface area contributed by atoms with Crippen LogP contribution in [-0.4, -0.2) is 46.6 Å². The van der Waals surface area contributed by atoms with Gasteiger partial charge in [-0.05, 0) is 51.0 Å². The van der Waals surface area contributed by atoms with Gasteiger partial charge in [0.05, 0.1) is 0 Å². The van der Waals surface area contributed by atoms with Crippen LogP contribution in [-0.2, 0) is 16.0 Å². The highest BCUT2D eigenvalue weighted by atomic mass is 16.6. The fourth-order valence-corrected chi connectivity index (χ4v) is 2.39. The lowest BCUT2D eigenvalue weighted by atomic mass is 9.98. The molecule has 1 amide bonds. The Kier molecular flexibility index (Phi) is 4.42. The number of fused-ring (bicyclic) bond motifs is 1. The summed E-state index contributed by atoms with van der Waals surface area (Å²) >= 11 is 0. The molecule has 0 saturated heterocycles. The van der Waals surface area contributed by atoms with Crippen LogP contribution in [0.3, 0.4) is 0 Å². The lowest BCUT2D eigenvalue weighted by molar-refractivity contribution is -0.156. The topological polar surface area (TPSA) is 92.9 Å². The van der Waals surface area contributed by atoms with Gasteiger partial charge in [0.15, 0.2) is 0 Å². The number of phenolic OH excluding ortho intramolecular Hbond substituents is 1. The van der Waals surface area contributed by atoms with Crippen LogP contribution < -0.4 is 5.73 Å². The van der Waals surface area contributed by atoms with E-state index in [1.807, 2.05) is 0 Å². The predicted octanol–water partition coefficient (Wildman–Crippen LogP) is 1.06. The molecule has 1 aromatic carbocycles. The van der Waals surface area contributed by atoms with Crippen molar-refractivity contribution in [3.63, 3.8) is 0 Å². The van der Waals surface area contributed by atoms with Crippen molar-refractivity contribution in [3.05, 3.63) is 29.3 Å². The first-order valence-corrected chi connectivity index (χ1v) is 7.27. The number of aromatic hydroxyl groups is 1. The first kappa shape index (κ1) is 16.3. The van der Waals surface area contributed by atoms with E-state index in [0.717, 1.165) is 5.56 Å². The average Bonchev–Trinajstić information content (AvgIpc) is 2.39. The van der Waals surface area contributed by atoms with E-state index in [1.54, 1.807) is 37.8 Å². The van der Waals surface area contributed by atoms with E-state index in [1.165, 1.54) is 6.07 Å². The molecular formula is C16H22N2O4. The maximum absolute atomic E-state index is 12.4. The first-order valence-electron chi connectivity index (χ1n) is 7.27. The van der Waals surface area contributed by atoms with Crippen molar-refractivity contribution in [1.82, 2.24) is 4.90 Å². The summed E-state index contributed by atoms with van der Waals surface area (Å²) in [5, 5.41) is 9.46. The lowest BCUT2D eigenvalue weighted by Gasteiger charge is -2.31. The van der Waals surface area contributed by atoms with E-state index in [2.05, 4.69) is 0 Å². The SMILES string of the molecule is CC(C)(C)OC(=O)C(N)CN1CCc2cc(O)ccc2C1=O. The van der Waals surface area contributed by atoms with Gasteiger partial charge in [-0.3, -0.25) is 9.59 Å². The van der Waals surface area contributed by atoms with Crippen molar-refractivity contribution in [2.24, 2.45) is 5.73 Å². The number of carbonyl (C=O) groups is 2. The van der Waals surface area contributed by atoms with Gasteiger partial charge >= 0.3 is 5.97 Å². The van der Waals surface area contributed by atoms with Gasteiger partial charge in [-0.1, -0.05) is 0 Å². The zero-order valence-electron chi connectivity index (χ0n) is 13.1. The summed E-state index contributed by atoms with van der Waals surface area (Å²) in [6.07, 6.45) is 0.622. The molecule has 6 nitrogen and oxygen atoms in total. The molecule has 1 aliphatic rings. The highest BCUT2D eigenvalue weighted by Crippen LogP contribution is 2.23. The normalized spacial score (nSPS) is 16.2. The fourth-order valence-electron chi connectivity index (χ4n) is 2.39. The van der Waals surface area contributed by atoms with Crippen molar-refractivity contribution in [2.75, 3.05) is 13.1 Å². The monoisotopic (exact) mass is 306 g/mol. The molecule has 1 atom stereocenters. The summed E-state index contributed by atoms with van der Waals surface area (Å²) in [7, 11) is 0. The molecule has 0 fully saturated rings. The molecule has 1 unspecified atom stereocenters. The molecule has 1 aromatic rings. The van der Waals surface area contributed by atoms with Crippen LogP contribution in [0.25, 0.3) is 0 Å². The number of rotatable bonds is 3.